The number of rotatable bonds is 10. The van der Waals surface area contributed by atoms with Crippen LogP contribution in [0, 0.1) is 18.3 Å². The molecule has 0 radical (unpaired) electrons. The maximum atomic E-state index is 13.6. The van der Waals surface area contributed by atoms with Gasteiger partial charge in [-0.3, -0.25) is 14.4 Å². The molecule has 0 unspecified atom stereocenters. The maximum absolute atomic E-state index is 13.6. The van der Waals surface area contributed by atoms with Gasteiger partial charge in [0.2, 0.25) is 11.9 Å². The number of carbonyl (C=O) groups excluding carboxylic acids is 1. The number of alkyl halides is 3. The summed E-state index contributed by atoms with van der Waals surface area (Å²) in [6, 6.07) is 0.270. The molecule has 2 aromatic heterocycles. The fourth-order valence-electron chi connectivity index (χ4n) is 4.81. The molecule has 4 rings (SSSR count). The van der Waals surface area contributed by atoms with Crippen LogP contribution in [0.2, 0.25) is 0 Å². The highest BCUT2D eigenvalue weighted by atomic mass is 19.4. The van der Waals surface area contributed by atoms with Gasteiger partial charge in [0.1, 0.15) is 11.4 Å². The summed E-state index contributed by atoms with van der Waals surface area (Å²) in [7, 11) is 0. The van der Waals surface area contributed by atoms with Gasteiger partial charge in [-0.25, -0.2) is 4.98 Å². The molecule has 2 aliphatic rings. The Balaban J connectivity index is 1.39. The number of likely N-dealkylation sites (tertiary alicyclic amines) is 2. The van der Waals surface area contributed by atoms with E-state index in [-0.39, 0.29) is 35.7 Å². The van der Waals surface area contributed by atoms with E-state index in [1.165, 1.54) is 0 Å². The van der Waals surface area contributed by atoms with E-state index in [0.29, 0.717) is 31.1 Å². The number of hydrogen-bond acceptors (Lipinski definition) is 7. The van der Waals surface area contributed by atoms with E-state index < -0.39 is 11.7 Å². The first-order valence-corrected chi connectivity index (χ1v) is 12.9. The van der Waals surface area contributed by atoms with Gasteiger partial charge in [-0.15, -0.1) is 0 Å². The van der Waals surface area contributed by atoms with Crippen LogP contribution in [0.25, 0.3) is 0 Å². The lowest BCUT2D eigenvalue weighted by atomic mass is 9.92. The summed E-state index contributed by atoms with van der Waals surface area (Å²) in [5.74, 6) is 0.463. The highest BCUT2D eigenvalue weighted by Gasteiger charge is 2.38. The fraction of sp³-hybridized carbons (Fsp3) is 0.680. The number of halogens is 3. The molecule has 12 heteroatoms. The van der Waals surface area contributed by atoms with Gasteiger partial charge in [-0.05, 0) is 25.7 Å². The van der Waals surface area contributed by atoms with Gasteiger partial charge in [0.15, 0.2) is 0 Å². The molecule has 2 saturated heterocycles. The molecule has 2 aromatic rings. The topological polar surface area (TPSA) is 91.2 Å². The van der Waals surface area contributed by atoms with Crippen LogP contribution in [-0.4, -0.2) is 74.7 Å². The molecule has 0 atom stereocenters. The number of nitrogens with zero attached hydrogens (tertiary/aromatic N) is 6. The van der Waals surface area contributed by atoms with E-state index in [2.05, 4.69) is 44.4 Å². The summed E-state index contributed by atoms with van der Waals surface area (Å²) >= 11 is 0. The first-order valence-electron chi connectivity index (χ1n) is 12.9. The Bertz CT molecular complexity index is 1110. The van der Waals surface area contributed by atoms with Crippen LogP contribution in [0.15, 0.2) is 12.4 Å². The van der Waals surface area contributed by atoms with Crippen LogP contribution >= 0.6 is 0 Å². The van der Waals surface area contributed by atoms with Gasteiger partial charge >= 0.3 is 6.18 Å². The smallest absolute Gasteiger partial charge is 0.369 e. The Kier molecular flexibility index (Phi) is 7.68. The third-order valence-electron chi connectivity index (χ3n) is 6.96. The van der Waals surface area contributed by atoms with Crippen molar-refractivity contribution in [3.63, 3.8) is 0 Å². The average molecular weight is 523 g/mol. The van der Waals surface area contributed by atoms with Gasteiger partial charge in [0.25, 0.3) is 0 Å². The van der Waals surface area contributed by atoms with Gasteiger partial charge in [-0.2, -0.15) is 23.3 Å². The van der Waals surface area contributed by atoms with E-state index in [9.17, 15) is 18.0 Å². The lowest BCUT2D eigenvalue weighted by molar-refractivity contribution is -0.137. The van der Waals surface area contributed by atoms with E-state index >= 15 is 0 Å². The highest BCUT2D eigenvalue weighted by Crippen LogP contribution is 2.35. The second-order valence-corrected chi connectivity index (χ2v) is 11.2. The molecule has 0 aliphatic carbocycles. The van der Waals surface area contributed by atoms with Gasteiger partial charge < -0.3 is 15.5 Å². The summed E-state index contributed by atoms with van der Waals surface area (Å²) in [5, 5.41) is 10.4. The number of aryl methyl sites for hydroxylation is 1. The third-order valence-corrected chi connectivity index (χ3v) is 6.96. The first kappa shape index (κ1) is 27.2. The number of anilines is 3. The van der Waals surface area contributed by atoms with Crippen LogP contribution in [0.1, 0.15) is 57.8 Å². The van der Waals surface area contributed by atoms with Crippen LogP contribution in [-0.2, 0) is 11.0 Å². The van der Waals surface area contributed by atoms with Crippen LogP contribution < -0.4 is 10.6 Å². The number of aromatic nitrogens is 4. The van der Waals surface area contributed by atoms with Crippen molar-refractivity contribution in [2.75, 3.05) is 49.9 Å². The van der Waals surface area contributed by atoms with Gasteiger partial charge in [0, 0.05) is 57.1 Å². The largest absolute Gasteiger partial charge is 0.421 e. The molecule has 9 nitrogen and oxygen atoms in total. The molecule has 0 aromatic carbocycles. The fourth-order valence-corrected chi connectivity index (χ4v) is 4.81. The van der Waals surface area contributed by atoms with Crippen molar-refractivity contribution in [3.05, 3.63) is 23.7 Å². The van der Waals surface area contributed by atoms with E-state index in [4.69, 9.17) is 0 Å². The predicted octanol–water partition coefficient (Wildman–Crippen LogP) is 4.32. The Labute approximate surface area is 215 Å². The molecule has 204 valence electrons. The predicted molar refractivity (Wildman–Crippen MR) is 136 cm³/mol. The summed E-state index contributed by atoms with van der Waals surface area (Å²) in [5.41, 5.74) is 0.0764. The Hall–Kier alpha value is -2.89. The Morgan fingerprint density at radius 3 is 2.59 bits per heavy atom. The molecule has 2 aliphatic heterocycles. The molecule has 4 heterocycles. The van der Waals surface area contributed by atoms with Crippen LogP contribution in [0.5, 0.6) is 0 Å². The van der Waals surface area contributed by atoms with E-state index in [1.54, 1.807) is 4.90 Å². The minimum absolute atomic E-state index is 0.0599. The summed E-state index contributed by atoms with van der Waals surface area (Å²) in [4.78, 5) is 24.6. The number of carbonyl (C=O) groups is 1. The van der Waals surface area contributed by atoms with Crippen molar-refractivity contribution in [3.8, 4) is 0 Å². The Morgan fingerprint density at radius 2 is 1.97 bits per heavy atom. The Morgan fingerprint density at radius 1 is 1.24 bits per heavy atom. The molecule has 0 spiro atoms. The molecule has 0 saturated carbocycles. The molecule has 0 bridgehead atoms. The zero-order valence-electron chi connectivity index (χ0n) is 22.2. The normalized spacial score (nSPS) is 18.5. The second-order valence-electron chi connectivity index (χ2n) is 11.2. The SMILES string of the molecule is Cc1nn(C2CN(CC(C)C)C2)cc1Nc1ncc(C(F)(F)F)c(NCCCN2CCC(C)(C)C2=O)n1. The summed E-state index contributed by atoms with van der Waals surface area (Å²) in [6.07, 6.45) is -0.657. The van der Waals surface area contributed by atoms with Crippen molar-refractivity contribution in [2.24, 2.45) is 11.3 Å². The number of amides is 1. The summed E-state index contributed by atoms with van der Waals surface area (Å²) < 4.78 is 42.7. The third kappa shape index (κ3) is 6.34. The molecular formula is C25H37F3N8O. The zero-order valence-corrected chi connectivity index (χ0v) is 22.2. The molecule has 2 fully saturated rings. The first-order chi connectivity index (χ1) is 17.3. The quantitative estimate of drug-likeness (QED) is 0.449. The van der Waals surface area contributed by atoms with Gasteiger partial charge in [0.05, 0.1) is 17.4 Å². The summed E-state index contributed by atoms with van der Waals surface area (Å²) in [6.45, 7) is 14.3. The monoisotopic (exact) mass is 522 g/mol. The molecular weight excluding hydrogens is 485 g/mol. The lowest BCUT2D eigenvalue weighted by Crippen LogP contribution is -2.49. The minimum Gasteiger partial charge on any atom is -0.369 e. The zero-order chi connectivity index (χ0) is 27.0. The number of hydrogen-bond donors (Lipinski definition) is 2. The standard InChI is InChI=1S/C25H37F3N8O/c1-16(2)12-34-13-18(14-34)36-15-20(17(3)33-36)31-23-30-11-19(25(26,27)28)21(32-23)29-8-6-9-35-10-7-24(4,5)22(35)37/h11,15-16,18H,6-10,12-14H2,1-5H3,(H2,29,30,31,32). The van der Waals surface area contributed by atoms with Crippen LogP contribution in [0.3, 0.4) is 0 Å². The second kappa shape index (κ2) is 10.5. The molecule has 1 amide bonds. The highest BCUT2D eigenvalue weighted by molar-refractivity contribution is 5.83. The van der Waals surface area contributed by atoms with Crippen molar-refractivity contribution in [1.29, 1.82) is 0 Å². The van der Waals surface area contributed by atoms with Gasteiger partial charge in [-0.1, -0.05) is 27.7 Å². The molecule has 2 N–H and O–H groups in total. The van der Waals surface area contributed by atoms with E-state index in [0.717, 1.165) is 37.9 Å². The number of nitrogens with one attached hydrogen (secondary N) is 2. The van der Waals surface area contributed by atoms with Crippen molar-refractivity contribution in [2.45, 2.75) is 59.7 Å². The lowest BCUT2D eigenvalue weighted by Gasteiger charge is -2.40. The minimum atomic E-state index is -4.59. The van der Waals surface area contributed by atoms with Crippen LogP contribution in [0.4, 0.5) is 30.6 Å². The molecule has 37 heavy (non-hydrogen) atoms. The van der Waals surface area contributed by atoms with E-state index in [1.807, 2.05) is 31.6 Å². The van der Waals surface area contributed by atoms with Crippen molar-refractivity contribution in [1.82, 2.24) is 29.5 Å². The van der Waals surface area contributed by atoms with Crippen molar-refractivity contribution < 1.29 is 18.0 Å². The van der Waals surface area contributed by atoms with Crippen molar-refractivity contribution >= 4 is 23.4 Å². The average Bonchev–Trinajstić information content (AvgIpc) is 3.25. The maximum Gasteiger partial charge on any atom is 0.421 e.